The van der Waals surface area contributed by atoms with Crippen molar-refractivity contribution in [2.45, 2.75) is 25.2 Å². The van der Waals surface area contributed by atoms with E-state index in [1.807, 2.05) is 0 Å². The molecule has 14 heavy (non-hydrogen) atoms. The first kappa shape index (κ1) is 9.44. The van der Waals surface area contributed by atoms with E-state index in [4.69, 9.17) is 5.73 Å². The Labute approximate surface area is 81.9 Å². The molecule has 1 atom stereocenters. The second kappa shape index (κ2) is 3.56. The van der Waals surface area contributed by atoms with E-state index < -0.39 is 12.3 Å². The molecule has 1 aliphatic rings. The lowest BCUT2D eigenvalue weighted by Crippen LogP contribution is -2.11. The van der Waals surface area contributed by atoms with E-state index in [1.54, 1.807) is 24.3 Å². The van der Waals surface area contributed by atoms with Crippen LogP contribution >= 0.6 is 0 Å². The molecule has 1 saturated carbocycles. The number of anilines is 1. The van der Waals surface area contributed by atoms with Crippen LogP contribution in [-0.4, -0.2) is 6.43 Å². The number of benzene rings is 1. The van der Waals surface area contributed by atoms with Gasteiger partial charge in [-0.1, -0.05) is 12.1 Å². The first-order valence-electron chi connectivity index (χ1n) is 4.82. The van der Waals surface area contributed by atoms with Crippen LogP contribution in [0.25, 0.3) is 0 Å². The van der Waals surface area contributed by atoms with Crippen LogP contribution in [0.1, 0.15) is 24.3 Å². The lowest BCUT2D eigenvalue weighted by atomic mass is 9.94. The monoisotopic (exact) mass is 197 g/mol. The van der Waals surface area contributed by atoms with Gasteiger partial charge in [-0.05, 0) is 36.5 Å². The molecule has 3 heteroatoms. The highest BCUT2D eigenvalue weighted by Crippen LogP contribution is 2.45. The molecule has 1 nitrogen and oxygen atoms in total. The Morgan fingerprint density at radius 1 is 1.29 bits per heavy atom. The van der Waals surface area contributed by atoms with Gasteiger partial charge in [-0.15, -0.1) is 0 Å². The van der Waals surface area contributed by atoms with Gasteiger partial charge in [0.05, 0.1) is 0 Å². The van der Waals surface area contributed by atoms with Crippen molar-refractivity contribution in [1.29, 1.82) is 0 Å². The summed E-state index contributed by atoms with van der Waals surface area (Å²) in [6.45, 7) is 0. The zero-order chi connectivity index (χ0) is 10.1. The van der Waals surface area contributed by atoms with Gasteiger partial charge in [0.25, 0.3) is 0 Å². The molecule has 1 fully saturated rings. The zero-order valence-electron chi connectivity index (χ0n) is 7.79. The maximum absolute atomic E-state index is 12.8. The molecule has 0 saturated heterocycles. The first-order chi connectivity index (χ1) is 6.68. The third kappa shape index (κ3) is 1.86. The highest BCUT2D eigenvalue weighted by Gasteiger charge is 2.38. The molecule has 0 aromatic heterocycles. The second-order valence-electron chi connectivity index (χ2n) is 3.87. The normalized spacial score (nSPS) is 18.5. The highest BCUT2D eigenvalue weighted by molar-refractivity contribution is 5.42. The fourth-order valence-corrected chi connectivity index (χ4v) is 1.85. The molecule has 0 heterocycles. The molecule has 0 spiro atoms. The lowest BCUT2D eigenvalue weighted by molar-refractivity contribution is 0.104. The third-order valence-electron chi connectivity index (χ3n) is 2.70. The minimum Gasteiger partial charge on any atom is -0.399 e. The summed E-state index contributed by atoms with van der Waals surface area (Å²) in [4.78, 5) is 0. The summed E-state index contributed by atoms with van der Waals surface area (Å²) in [6.07, 6.45) is -0.433. The summed E-state index contributed by atoms with van der Waals surface area (Å²) in [5.41, 5.74) is 6.82. The standard InChI is InChI=1S/C11H13F2N/c12-11(13)10(7-4-5-7)8-2-1-3-9(14)6-8/h1-3,6-7,10-11H,4-5,14H2. The van der Waals surface area contributed by atoms with Crippen LogP contribution in [0.4, 0.5) is 14.5 Å². The summed E-state index contributed by atoms with van der Waals surface area (Å²) in [5, 5.41) is 0. The molecule has 0 bridgehead atoms. The van der Waals surface area contributed by atoms with E-state index in [1.165, 1.54) is 0 Å². The summed E-state index contributed by atoms with van der Waals surface area (Å²) >= 11 is 0. The second-order valence-corrected chi connectivity index (χ2v) is 3.87. The van der Waals surface area contributed by atoms with E-state index in [0.717, 1.165) is 12.8 Å². The Balaban J connectivity index is 2.25. The number of hydrogen-bond acceptors (Lipinski definition) is 1. The van der Waals surface area contributed by atoms with Crippen LogP contribution in [0.3, 0.4) is 0 Å². The summed E-state index contributed by atoms with van der Waals surface area (Å²) in [5.74, 6) is -0.449. The summed E-state index contributed by atoms with van der Waals surface area (Å²) in [7, 11) is 0. The molecule has 0 radical (unpaired) electrons. The third-order valence-corrected chi connectivity index (χ3v) is 2.70. The topological polar surface area (TPSA) is 26.0 Å². The minimum atomic E-state index is -2.27. The first-order valence-corrected chi connectivity index (χ1v) is 4.82. The van der Waals surface area contributed by atoms with Gasteiger partial charge < -0.3 is 5.73 Å². The van der Waals surface area contributed by atoms with Crippen molar-refractivity contribution in [2.24, 2.45) is 5.92 Å². The SMILES string of the molecule is Nc1cccc(C(C(F)F)C2CC2)c1. The van der Waals surface area contributed by atoms with Gasteiger partial charge in [0.15, 0.2) is 0 Å². The number of alkyl halides is 2. The van der Waals surface area contributed by atoms with Gasteiger partial charge in [0.1, 0.15) is 0 Å². The van der Waals surface area contributed by atoms with E-state index >= 15 is 0 Å². The molecule has 1 aliphatic carbocycles. The van der Waals surface area contributed by atoms with Crippen molar-refractivity contribution in [1.82, 2.24) is 0 Å². The van der Waals surface area contributed by atoms with Crippen LogP contribution < -0.4 is 5.73 Å². The molecule has 2 N–H and O–H groups in total. The number of halogens is 2. The quantitative estimate of drug-likeness (QED) is 0.740. The number of rotatable bonds is 3. The molecule has 2 rings (SSSR count). The average molecular weight is 197 g/mol. The van der Waals surface area contributed by atoms with Gasteiger partial charge in [-0.25, -0.2) is 8.78 Å². The molecular formula is C11H13F2N. The van der Waals surface area contributed by atoms with Gasteiger partial charge in [-0.3, -0.25) is 0 Å². The fourth-order valence-electron chi connectivity index (χ4n) is 1.85. The Hall–Kier alpha value is -1.12. The maximum Gasteiger partial charge on any atom is 0.245 e. The largest absolute Gasteiger partial charge is 0.399 e. The van der Waals surface area contributed by atoms with Crippen molar-refractivity contribution >= 4 is 5.69 Å². The predicted molar refractivity (Wildman–Crippen MR) is 52.3 cm³/mol. The molecule has 1 aromatic rings. The van der Waals surface area contributed by atoms with Gasteiger partial charge in [0, 0.05) is 11.6 Å². The van der Waals surface area contributed by atoms with Crippen LogP contribution in [0.15, 0.2) is 24.3 Å². The molecule has 1 unspecified atom stereocenters. The van der Waals surface area contributed by atoms with Crippen LogP contribution in [-0.2, 0) is 0 Å². The summed E-state index contributed by atoms with van der Waals surface area (Å²) in [6, 6.07) is 6.86. The van der Waals surface area contributed by atoms with E-state index in [-0.39, 0.29) is 5.92 Å². The Morgan fingerprint density at radius 2 is 2.00 bits per heavy atom. The maximum atomic E-state index is 12.8. The van der Waals surface area contributed by atoms with Crippen molar-refractivity contribution in [3.05, 3.63) is 29.8 Å². The Bertz CT molecular complexity index is 319. The molecule has 1 aromatic carbocycles. The van der Waals surface area contributed by atoms with Crippen molar-refractivity contribution in [3.63, 3.8) is 0 Å². The smallest absolute Gasteiger partial charge is 0.245 e. The number of hydrogen-bond donors (Lipinski definition) is 1. The Morgan fingerprint density at radius 3 is 2.50 bits per heavy atom. The highest BCUT2D eigenvalue weighted by atomic mass is 19.3. The van der Waals surface area contributed by atoms with E-state index in [2.05, 4.69) is 0 Å². The van der Waals surface area contributed by atoms with E-state index in [0.29, 0.717) is 11.3 Å². The number of nitrogen functional groups attached to an aromatic ring is 1. The molecule has 0 amide bonds. The zero-order valence-corrected chi connectivity index (χ0v) is 7.79. The van der Waals surface area contributed by atoms with Gasteiger partial charge in [0.2, 0.25) is 6.43 Å². The Kier molecular flexibility index (Phi) is 2.40. The van der Waals surface area contributed by atoms with Crippen molar-refractivity contribution in [3.8, 4) is 0 Å². The fraction of sp³-hybridized carbons (Fsp3) is 0.455. The molecule has 0 aliphatic heterocycles. The molecule has 76 valence electrons. The van der Waals surface area contributed by atoms with Gasteiger partial charge >= 0.3 is 0 Å². The minimum absolute atomic E-state index is 0.164. The van der Waals surface area contributed by atoms with Crippen LogP contribution in [0.5, 0.6) is 0 Å². The van der Waals surface area contributed by atoms with Crippen molar-refractivity contribution in [2.75, 3.05) is 5.73 Å². The van der Waals surface area contributed by atoms with Crippen molar-refractivity contribution < 1.29 is 8.78 Å². The van der Waals surface area contributed by atoms with Crippen LogP contribution in [0, 0.1) is 5.92 Å². The summed E-state index contributed by atoms with van der Waals surface area (Å²) < 4.78 is 25.5. The lowest BCUT2D eigenvalue weighted by Gasteiger charge is -2.15. The molecular weight excluding hydrogens is 184 g/mol. The van der Waals surface area contributed by atoms with Crippen LogP contribution in [0.2, 0.25) is 0 Å². The van der Waals surface area contributed by atoms with E-state index in [9.17, 15) is 8.78 Å². The number of nitrogens with two attached hydrogens (primary N) is 1. The van der Waals surface area contributed by atoms with Gasteiger partial charge in [-0.2, -0.15) is 0 Å². The predicted octanol–water partition coefficient (Wildman–Crippen LogP) is 3.03. The average Bonchev–Trinajstić information content (AvgIpc) is 2.88.